The van der Waals surface area contributed by atoms with Crippen LogP contribution in [0.25, 0.3) is 0 Å². The first-order valence-corrected chi connectivity index (χ1v) is 7.72. The van der Waals surface area contributed by atoms with Gasteiger partial charge < -0.3 is 15.5 Å². The summed E-state index contributed by atoms with van der Waals surface area (Å²) in [5.74, 6) is 0.462. The van der Waals surface area contributed by atoms with E-state index < -0.39 is 0 Å². The van der Waals surface area contributed by atoms with Gasteiger partial charge in [0.25, 0.3) is 5.91 Å². The molecule has 2 aliphatic heterocycles. The summed E-state index contributed by atoms with van der Waals surface area (Å²) in [5.41, 5.74) is 1.39. The molecule has 2 amide bonds. The molecule has 0 unspecified atom stereocenters. The second kappa shape index (κ2) is 6.68. The Morgan fingerprint density at radius 1 is 1.43 bits per heavy atom. The van der Waals surface area contributed by atoms with Crippen molar-refractivity contribution in [1.82, 2.24) is 10.2 Å². The molecule has 1 aromatic carbocycles. The lowest BCUT2D eigenvalue weighted by Gasteiger charge is -2.34. The van der Waals surface area contributed by atoms with Gasteiger partial charge in [-0.05, 0) is 25.1 Å². The number of carbonyl (C=O) groups is 2. The summed E-state index contributed by atoms with van der Waals surface area (Å²) in [6.45, 7) is 4.41. The minimum absolute atomic E-state index is 0. The van der Waals surface area contributed by atoms with Crippen molar-refractivity contribution in [2.24, 2.45) is 0 Å². The molecule has 7 heteroatoms. The van der Waals surface area contributed by atoms with E-state index in [1.165, 1.54) is 11.8 Å². The summed E-state index contributed by atoms with van der Waals surface area (Å²) in [6, 6.07) is 5.74. The minimum Gasteiger partial charge on any atom is -0.333 e. The zero-order valence-corrected chi connectivity index (χ0v) is 13.4. The van der Waals surface area contributed by atoms with Crippen LogP contribution in [-0.4, -0.2) is 48.1 Å². The van der Waals surface area contributed by atoms with Crippen LogP contribution in [0.1, 0.15) is 17.3 Å². The van der Waals surface area contributed by atoms with Gasteiger partial charge in [-0.15, -0.1) is 24.2 Å². The average molecular weight is 328 g/mol. The molecule has 2 heterocycles. The number of halogens is 1. The molecule has 1 atom stereocenters. The van der Waals surface area contributed by atoms with Gasteiger partial charge in [0, 0.05) is 36.1 Å². The molecule has 1 aromatic rings. The molecule has 0 saturated carbocycles. The molecule has 2 aliphatic rings. The summed E-state index contributed by atoms with van der Waals surface area (Å²) < 4.78 is 0. The van der Waals surface area contributed by atoms with E-state index in [9.17, 15) is 9.59 Å². The monoisotopic (exact) mass is 327 g/mol. The third kappa shape index (κ3) is 3.33. The van der Waals surface area contributed by atoms with Crippen LogP contribution in [0.5, 0.6) is 0 Å². The normalized spacial score (nSPS) is 21.1. The molecule has 2 N–H and O–H groups in total. The average Bonchev–Trinajstić information content (AvgIpc) is 2.46. The van der Waals surface area contributed by atoms with E-state index in [0.29, 0.717) is 11.3 Å². The van der Waals surface area contributed by atoms with E-state index in [1.807, 2.05) is 24.0 Å². The van der Waals surface area contributed by atoms with E-state index in [0.717, 1.165) is 30.2 Å². The number of benzene rings is 1. The summed E-state index contributed by atoms with van der Waals surface area (Å²) >= 11 is 1.51. The largest absolute Gasteiger partial charge is 0.333 e. The number of anilines is 1. The fourth-order valence-electron chi connectivity index (χ4n) is 2.52. The van der Waals surface area contributed by atoms with E-state index >= 15 is 0 Å². The minimum atomic E-state index is -0.0114. The Hall–Kier alpha value is -1.24. The van der Waals surface area contributed by atoms with Gasteiger partial charge in [0.2, 0.25) is 5.91 Å². The number of piperazine rings is 1. The summed E-state index contributed by atoms with van der Waals surface area (Å²) in [6.07, 6.45) is 0. The highest BCUT2D eigenvalue weighted by Gasteiger charge is 2.25. The van der Waals surface area contributed by atoms with Gasteiger partial charge in [0.05, 0.1) is 11.4 Å². The van der Waals surface area contributed by atoms with Crippen LogP contribution in [-0.2, 0) is 4.79 Å². The molecule has 0 aromatic heterocycles. The number of fused-ring (bicyclic) bond motifs is 1. The number of nitrogens with zero attached hydrogens (tertiary/aromatic N) is 1. The standard InChI is InChI=1S/C14H17N3O2S.ClH/c1-9-7-15-4-5-17(9)14(19)10-2-3-12-11(6-10)16-13(18)8-20-12;/h2-3,6,9,15H,4-5,7-8H2,1H3,(H,16,18);1H/t9-;/m1./s1. The number of rotatable bonds is 1. The van der Waals surface area contributed by atoms with E-state index in [2.05, 4.69) is 10.6 Å². The van der Waals surface area contributed by atoms with Crippen molar-refractivity contribution in [1.29, 1.82) is 0 Å². The van der Waals surface area contributed by atoms with Crippen molar-refractivity contribution in [3.05, 3.63) is 23.8 Å². The Kier molecular flexibility index (Phi) is 5.13. The number of hydrogen-bond acceptors (Lipinski definition) is 4. The molecular formula is C14H18ClN3O2S. The first-order chi connectivity index (χ1) is 9.65. The Morgan fingerprint density at radius 3 is 3.00 bits per heavy atom. The second-order valence-corrected chi connectivity index (χ2v) is 6.12. The van der Waals surface area contributed by atoms with Crippen LogP contribution in [0, 0.1) is 0 Å². The summed E-state index contributed by atoms with van der Waals surface area (Å²) in [7, 11) is 0. The number of thioether (sulfide) groups is 1. The first-order valence-electron chi connectivity index (χ1n) is 6.73. The van der Waals surface area contributed by atoms with Gasteiger partial charge in [-0.25, -0.2) is 0 Å². The number of nitrogens with one attached hydrogen (secondary N) is 2. The van der Waals surface area contributed by atoms with Gasteiger partial charge in [-0.2, -0.15) is 0 Å². The summed E-state index contributed by atoms with van der Waals surface area (Å²) in [5, 5.41) is 6.10. The lowest BCUT2D eigenvalue weighted by molar-refractivity contribution is -0.113. The highest BCUT2D eigenvalue weighted by molar-refractivity contribution is 8.00. The molecule has 5 nitrogen and oxygen atoms in total. The highest BCUT2D eigenvalue weighted by atomic mass is 35.5. The third-order valence-corrected chi connectivity index (χ3v) is 4.70. The van der Waals surface area contributed by atoms with E-state index in [1.54, 1.807) is 6.07 Å². The fraction of sp³-hybridized carbons (Fsp3) is 0.429. The maximum Gasteiger partial charge on any atom is 0.254 e. The van der Waals surface area contributed by atoms with Gasteiger partial charge in [-0.1, -0.05) is 0 Å². The Bertz CT molecular complexity index is 567. The van der Waals surface area contributed by atoms with E-state index in [4.69, 9.17) is 0 Å². The van der Waals surface area contributed by atoms with Gasteiger partial charge in [0.15, 0.2) is 0 Å². The zero-order chi connectivity index (χ0) is 14.1. The summed E-state index contributed by atoms with van der Waals surface area (Å²) in [4.78, 5) is 26.9. The van der Waals surface area contributed by atoms with Crippen molar-refractivity contribution in [2.75, 3.05) is 30.7 Å². The molecule has 3 rings (SSSR count). The smallest absolute Gasteiger partial charge is 0.254 e. The molecular weight excluding hydrogens is 310 g/mol. The third-order valence-electron chi connectivity index (χ3n) is 3.62. The van der Waals surface area contributed by atoms with Gasteiger partial charge >= 0.3 is 0 Å². The fourth-order valence-corrected chi connectivity index (χ4v) is 3.31. The van der Waals surface area contributed by atoms with Crippen LogP contribution >= 0.6 is 24.2 Å². The molecule has 1 fully saturated rings. The van der Waals surface area contributed by atoms with Crippen molar-refractivity contribution < 1.29 is 9.59 Å². The van der Waals surface area contributed by atoms with Crippen LogP contribution in [0.15, 0.2) is 23.1 Å². The zero-order valence-electron chi connectivity index (χ0n) is 11.7. The molecule has 0 spiro atoms. The Morgan fingerprint density at radius 2 is 2.24 bits per heavy atom. The maximum atomic E-state index is 12.6. The number of hydrogen-bond donors (Lipinski definition) is 2. The maximum absolute atomic E-state index is 12.6. The Labute approximate surface area is 134 Å². The highest BCUT2D eigenvalue weighted by Crippen LogP contribution is 2.32. The molecule has 114 valence electrons. The van der Waals surface area contributed by atoms with Crippen molar-refractivity contribution in [2.45, 2.75) is 17.9 Å². The van der Waals surface area contributed by atoms with E-state index in [-0.39, 0.29) is 30.3 Å². The van der Waals surface area contributed by atoms with Crippen LogP contribution in [0.3, 0.4) is 0 Å². The molecule has 21 heavy (non-hydrogen) atoms. The Balaban J connectivity index is 0.00000161. The lowest BCUT2D eigenvalue weighted by Crippen LogP contribution is -2.52. The predicted molar refractivity (Wildman–Crippen MR) is 86.4 cm³/mol. The molecule has 0 bridgehead atoms. The van der Waals surface area contributed by atoms with Crippen molar-refractivity contribution in [3.8, 4) is 0 Å². The quantitative estimate of drug-likeness (QED) is 0.822. The van der Waals surface area contributed by atoms with Crippen LogP contribution < -0.4 is 10.6 Å². The van der Waals surface area contributed by atoms with Gasteiger partial charge in [0.1, 0.15) is 0 Å². The number of amides is 2. The second-order valence-electron chi connectivity index (χ2n) is 5.10. The lowest BCUT2D eigenvalue weighted by atomic mass is 10.1. The molecule has 0 aliphatic carbocycles. The number of carbonyl (C=O) groups excluding carboxylic acids is 2. The molecule has 1 saturated heterocycles. The van der Waals surface area contributed by atoms with Crippen molar-refractivity contribution in [3.63, 3.8) is 0 Å². The molecule has 0 radical (unpaired) electrons. The van der Waals surface area contributed by atoms with Crippen LogP contribution in [0.4, 0.5) is 5.69 Å². The predicted octanol–water partition coefficient (Wildman–Crippen LogP) is 1.59. The first kappa shape index (κ1) is 16.1. The SMILES string of the molecule is C[C@@H]1CNCCN1C(=O)c1ccc2c(c1)NC(=O)CS2.Cl. The van der Waals surface area contributed by atoms with Gasteiger partial charge in [-0.3, -0.25) is 9.59 Å². The van der Waals surface area contributed by atoms with Crippen LogP contribution in [0.2, 0.25) is 0 Å². The van der Waals surface area contributed by atoms with Crippen molar-refractivity contribution >= 4 is 41.7 Å². The topological polar surface area (TPSA) is 61.4 Å².